The average molecular weight is 315 g/mol. The molecule has 3 nitrogen and oxygen atoms in total. The van der Waals surface area contributed by atoms with Gasteiger partial charge in [-0.15, -0.1) is 0 Å². The van der Waals surface area contributed by atoms with Crippen LogP contribution >= 0.6 is 15.9 Å². The third-order valence-electron chi connectivity index (χ3n) is 2.31. The molecular formula is C14H19BrO3. The molecular weight excluding hydrogens is 296 g/mol. The second-order valence-electron chi connectivity index (χ2n) is 5.08. The van der Waals surface area contributed by atoms with Crippen LogP contribution in [0, 0.1) is 5.41 Å². The second kappa shape index (κ2) is 6.23. The molecule has 0 aliphatic carbocycles. The van der Waals surface area contributed by atoms with Crippen LogP contribution in [-0.2, 0) is 9.53 Å². The standard InChI is InChI=1S/C14H19BrO3/c1-10(2)18-13(16)14(3,4)9-17-12-7-5-11(15)6-8-12/h5-8,10H,9H2,1-4H3. The lowest BCUT2D eigenvalue weighted by molar-refractivity contribution is -0.159. The van der Waals surface area contributed by atoms with E-state index in [4.69, 9.17) is 9.47 Å². The highest BCUT2D eigenvalue weighted by Gasteiger charge is 2.31. The van der Waals surface area contributed by atoms with Gasteiger partial charge in [-0.25, -0.2) is 0 Å². The molecule has 0 radical (unpaired) electrons. The first kappa shape index (κ1) is 15.0. The highest BCUT2D eigenvalue weighted by Crippen LogP contribution is 2.22. The number of halogens is 1. The number of carbonyl (C=O) groups is 1. The molecule has 1 aromatic carbocycles. The number of hydrogen-bond donors (Lipinski definition) is 0. The Morgan fingerprint density at radius 2 is 1.83 bits per heavy atom. The van der Waals surface area contributed by atoms with E-state index in [0.717, 1.165) is 10.2 Å². The average Bonchev–Trinajstić information content (AvgIpc) is 2.27. The van der Waals surface area contributed by atoms with Crippen LogP contribution in [0.3, 0.4) is 0 Å². The smallest absolute Gasteiger partial charge is 0.315 e. The Morgan fingerprint density at radius 1 is 1.28 bits per heavy atom. The molecule has 1 aromatic rings. The Bertz CT molecular complexity index is 396. The number of rotatable bonds is 5. The molecule has 0 amide bonds. The minimum Gasteiger partial charge on any atom is -0.492 e. The second-order valence-corrected chi connectivity index (χ2v) is 6.00. The first-order chi connectivity index (χ1) is 8.31. The molecule has 0 aliphatic heterocycles. The molecule has 0 bridgehead atoms. The van der Waals surface area contributed by atoms with Gasteiger partial charge < -0.3 is 9.47 Å². The molecule has 0 aliphatic rings. The van der Waals surface area contributed by atoms with E-state index in [1.807, 2.05) is 52.0 Å². The van der Waals surface area contributed by atoms with E-state index in [-0.39, 0.29) is 12.1 Å². The van der Waals surface area contributed by atoms with Crippen LogP contribution in [-0.4, -0.2) is 18.7 Å². The summed E-state index contributed by atoms with van der Waals surface area (Å²) in [5.41, 5.74) is -0.655. The van der Waals surface area contributed by atoms with E-state index < -0.39 is 5.41 Å². The van der Waals surface area contributed by atoms with Crippen molar-refractivity contribution in [2.24, 2.45) is 5.41 Å². The van der Waals surface area contributed by atoms with E-state index in [2.05, 4.69) is 15.9 Å². The van der Waals surface area contributed by atoms with Crippen molar-refractivity contribution in [1.29, 1.82) is 0 Å². The van der Waals surface area contributed by atoms with Gasteiger partial charge in [0.1, 0.15) is 12.4 Å². The van der Waals surface area contributed by atoms with Crippen molar-refractivity contribution in [3.05, 3.63) is 28.7 Å². The van der Waals surface area contributed by atoms with Crippen LogP contribution < -0.4 is 4.74 Å². The Hall–Kier alpha value is -1.03. The van der Waals surface area contributed by atoms with Crippen LogP contribution in [0.1, 0.15) is 27.7 Å². The Labute approximate surface area is 117 Å². The van der Waals surface area contributed by atoms with Gasteiger partial charge in [0.15, 0.2) is 0 Å². The van der Waals surface area contributed by atoms with Crippen molar-refractivity contribution in [3.8, 4) is 5.75 Å². The molecule has 0 saturated carbocycles. The monoisotopic (exact) mass is 314 g/mol. The van der Waals surface area contributed by atoms with Gasteiger partial charge in [-0.3, -0.25) is 4.79 Å². The fourth-order valence-corrected chi connectivity index (χ4v) is 1.49. The van der Waals surface area contributed by atoms with E-state index in [1.54, 1.807) is 0 Å². The molecule has 0 unspecified atom stereocenters. The molecule has 100 valence electrons. The molecule has 1 rings (SSSR count). The number of esters is 1. The lowest BCUT2D eigenvalue weighted by atomic mass is 9.95. The van der Waals surface area contributed by atoms with E-state index >= 15 is 0 Å². The summed E-state index contributed by atoms with van der Waals surface area (Å²) in [5.74, 6) is 0.498. The topological polar surface area (TPSA) is 35.5 Å². The fourth-order valence-electron chi connectivity index (χ4n) is 1.23. The highest BCUT2D eigenvalue weighted by atomic mass is 79.9. The molecule has 0 aromatic heterocycles. The summed E-state index contributed by atoms with van der Waals surface area (Å²) in [7, 11) is 0. The first-order valence-corrected chi connectivity index (χ1v) is 6.70. The van der Waals surface area contributed by atoms with Gasteiger partial charge in [0.2, 0.25) is 0 Å². The van der Waals surface area contributed by atoms with Gasteiger partial charge in [-0.05, 0) is 52.0 Å². The number of hydrogen-bond acceptors (Lipinski definition) is 3. The molecule has 0 heterocycles. The van der Waals surface area contributed by atoms with Gasteiger partial charge in [0, 0.05) is 4.47 Å². The summed E-state index contributed by atoms with van der Waals surface area (Å²) in [5, 5.41) is 0. The molecule has 0 atom stereocenters. The van der Waals surface area contributed by atoms with Crippen molar-refractivity contribution in [3.63, 3.8) is 0 Å². The largest absolute Gasteiger partial charge is 0.492 e. The predicted octanol–water partition coefficient (Wildman–Crippen LogP) is 3.81. The molecule has 0 fully saturated rings. The fraction of sp³-hybridized carbons (Fsp3) is 0.500. The minimum absolute atomic E-state index is 0.107. The number of ether oxygens (including phenoxy) is 2. The van der Waals surface area contributed by atoms with Gasteiger partial charge in [-0.2, -0.15) is 0 Å². The third kappa shape index (κ3) is 4.69. The molecule has 4 heteroatoms. The Kier molecular flexibility index (Phi) is 5.20. The minimum atomic E-state index is -0.655. The summed E-state index contributed by atoms with van der Waals surface area (Å²) in [6, 6.07) is 7.51. The predicted molar refractivity (Wildman–Crippen MR) is 74.6 cm³/mol. The zero-order chi connectivity index (χ0) is 13.8. The van der Waals surface area contributed by atoms with Gasteiger partial charge in [0.25, 0.3) is 0 Å². The number of carbonyl (C=O) groups excluding carboxylic acids is 1. The SMILES string of the molecule is CC(C)OC(=O)C(C)(C)COc1ccc(Br)cc1. The summed E-state index contributed by atoms with van der Waals surface area (Å²) in [4.78, 5) is 11.8. The van der Waals surface area contributed by atoms with E-state index in [0.29, 0.717) is 6.61 Å². The Balaban J connectivity index is 2.55. The van der Waals surface area contributed by atoms with Crippen LogP contribution in [0.2, 0.25) is 0 Å². The maximum atomic E-state index is 11.8. The van der Waals surface area contributed by atoms with E-state index in [1.165, 1.54) is 0 Å². The van der Waals surface area contributed by atoms with Crippen molar-refractivity contribution in [2.75, 3.05) is 6.61 Å². The van der Waals surface area contributed by atoms with Crippen molar-refractivity contribution in [2.45, 2.75) is 33.8 Å². The maximum absolute atomic E-state index is 11.8. The van der Waals surface area contributed by atoms with Gasteiger partial charge in [-0.1, -0.05) is 15.9 Å². The lowest BCUT2D eigenvalue weighted by Crippen LogP contribution is -2.34. The molecule has 0 spiro atoms. The van der Waals surface area contributed by atoms with Gasteiger partial charge >= 0.3 is 5.97 Å². The summed E-state index contributed by atoms with van der Waals surface area (Å²) < 4.78 is 11.8. The lowest BCUT2D eigenvalue weighted by Gasteiger charge is -2.24. The normalized spacial score (nSPS) is 11.4. The van der Waals surface area contributed by atoms with Gasteiger partial charge in [0.05, 0.1) is 11.5 Å². The van der Waals surface area contributed by atoms with Crippen LogP contribution in [0.15, 0.2) is 28.7 Å². The zero-order valence-electron chi connectivity index (χ0n) is 11.2. The van der Waals surface area contributed by atoms with Crippen molar-refractivity contribution >= 4 is 21.9 Å². The van der Waals surface area contributed by atoms with Crippen LogP contribution in [0.25, 0.3) is 0 Å². The summed E-state index contributed by atoms with van der Waals surface area (Å²) in [6.07, 6.45) is -0.107. The quantitative estimate of drug-likeness (QED) is 0.775. The summed E-state index contributed by atoms with van der Waals surface area (Å²) >= 11 is 3.36. The molecule has 18 heavy (non-hydrogen) atoms. The highest BCUT2D eigenvalue weighted by molar-refractivity contribution is 9.10. The van der Waals surface area contributed by atoms with Crippen LogP contribution in [0.4, 0.5) is 0 Å². The van der Waals surface area contributed by atoms with E-state index in [9.17, 15) is 4.79 Å². The zero-order valence-corrected chi connectivity index (χ0v) is 12.8. The maximum Gasteiger partial charge on any atom is 0.315 e. The van der Waals surface area contributed by atoms with Crippen molar-refractivity contribution < 1.29 is 14.3 Å². The molecule has 0 saturated heterocycles. The Morgan fingerprint density at radius 3 is 2.33 bits per heavy atom. The number of benzene rings is 1. The van der Waals surface area contributed by atoms with Crippen LogP contribution in [0.5, 0.6) is 5.75 Å². The molecule has 0 N–H and O–H groups in total. The van der Waals surface area contributed by atoms with Crippen molar-refractivity contribution in [1.82, 2.24) is 0 Å². The summed E-state index contributed by atoms with van der Waals surface area (Å²) in [6.45, 7) is 7.60. The first-order valence-electron chi connectivity index (χ1n) is 5.91. The third-order valence-corrected chi connectivity index (χ3v) is 2.84.